The molecule has 1 atom stereocenters. The first-order chi connectivity index (χ1) is 12.6. The Balaban J connectivity index is 3.34. The van der Waals surface area contributed by atoms with Crippen LogP contribution in [0.4, 0.5) is 0 Å². The van der Waals surface area contributed by atoms with Crippen LogP contribution >= 0.6 is 0 Å². The molecule has 154 valence electrons. The van der Waals surface area contributed by atoms with Crippen LogP contribution in [0.3, 0.4) is 0 Å². The van der Waals surface area contributed by atoms with Gasteiger partial charge in [0.1, 0.15) is 0 Å². The minimum absolute atomic E-state index is 0.141. The maximum absolute atomic E-state index is 11.6. The van der Waals surface area contributed by atoms with Crippen molar-refractivity contribution >= 4 is 11.9 Å². The Morgan fingerprint density at radius 2 is 1.19 bits per heavy atom. The van der Waals surface area contributed by atoms with Crippen molar-refractivity contribution in [3.8, 4) is 0 Å². The van der Waals surface area contributed by atoms with E-state index in [9.17, 15) is 9.59 Å². The molecule has 0 bridgehead atoms. The molecule has 26 heavy (non-hydrogen) atoms. The normalized spacial score (nSPS) is 12.0. The summed E-state index contributed by atoms with van der Waals surface area (Å²) in [6, 6.07) is 0. The van der Waals surface area contributed by atoms with Crippen molar-refractivity contribution in [2.45, 2.75) is 111 Å². The number of ether oxygens (including phenoxy) is 2. The van der Waals surface area contributed by atoms with Crippen molar-refractivity contribution in [3.05, 3.63) is 0 Å². The van der Waals surface area contributed by atoms with Gasteiger partial charge >= 0.3 is 11.9 Å². The minimum Gasteiger partial charge on any atom is -0.466 e. The molecule has 0 saturated carbocycles. The number of carbonyl (C=O) groups is 2. The van der Waals surface area contributed by atoms with Crippen LogP contribution in [0, 0.1) is 5.92 Å². The highest BCUT2D eigenvalue weighted by Crippen LogP contribution is 2.10. The summed E-state index contributed by atoms with van der Waals surface area (Å²) in [6.07, 6.45) is 14.1. The van der Waals surface area contributed by atoms with E-state index in [4.69, 9.17) is 9.47 Å². The van der Waals surface area contributed by atoms with Gasteiger partial charge in [0, 0.05) is 12.8 Å². The molecule has 0 amide bonds. The lowest BCUT2D eigenvalue weighted by molar-refractivity contribution is -0.146. The number of rotatable bonds is 18. The predicted octanol–water partition coefficient (Wildman–Crippen LogP) is 6.21. The molecule has 4 nitrogen and oxygen atoms in total. The van der Waals surface area contributed by atoms with Gasteiger partial charge in [0.25, 0.3) is 0 Å². The Hall–Kier alpha value is -1.06. The number of hydrogen-bond acceptors (Lipinski definition) is 4. The van der Waals surface area contributed by atoms with Gasteiger partial charge in [-0.1, -0.05) is 72.1 Å². The van der Waals surface area contributed by atoms with Gasteiger partial charge in [-0.3, -0.25) is 9.59 Å². The average Bonchev–Trinajstić information content (AvgIpc) is 2.63. The van der Waals surface area contributed by atoms with Crippen LogP contribution < -0.4 is 0 Å². The van der Waals surface area contributed by atoms with Gasteiger partial charge in [-0.05, 0) is 31.6 Å². The van der Waals surface area contributed by atoms with Crippen LogP contribution in [0.1, 0.15) is 111 Å². The van der Waals surface area contributed by atoms with E-state index in [-0.39, 0.29) is 11.9 Å². The zero-order valence-electron chi connectivity index (χ0n) is 17.5. The Labute approximate surface area is 161 Å². The smallest absolute Gasteiger partial charge is 0.305 e. The van der Waals surface area contributed by atoms with Crippen molar-refractivity contribution < 1.29 is 19.1 Å². The second kappa shape index (κ2) is 18.7. The van der Waals surface area contributed by atoms with E-state index in [0.29, 0.717) is 44.8 Å². The molecule has 4 heteroatoms. The lowest BCUT2D eigenvalue weighted by Gasteiger charge is -2.09. The number of esters is 2. The third-order valence-corrected chi connectivity index (χ3v) is 4.84. The van der Waals surface area contributed by atoms with Gasteiger partial charge in [-0.15, -0.1) is 0 Å². The first-order valence-corrected chi connectivity index (χ1v) is 10.9. The maximum atomic E-state index is 11.6. The van der Waals surface area contributed by atoms with Gasteiger partial charge in [0.05, 0.1) is 13.2 Å². The summed E-state index contributed by atoms with van der Waals surface area (Å²) in [5.41, 5.74) is 0. The number of carbonyl (C=O) groups excluding carboxylic acids is 2. The number of unbranched alkanes of at least 4 members (excludes halogenated alkanes) is 8. The first kappa shape index (κ1) is 24.9. The van der Waals surface area contributed by atoms with Crippen molar-refractivity contribution in [3.63, 3.8) is 0 Å². The molecular formula is C22H42O4. The summed E-state index contributed by atoms with van der Waals surface area (Å²) in [6.45, 7) is 7.57. The van der Waals surface area contributed by atoms with Crippen molar-refractivity contribution in [1.29, 1.82) is 0 Å². The first-order valence-electron chi connectivity index (χ1n) is 10.9. The predicted molar refractivity (Wildman–Crippen MR) is 107 cm³/mol. The average molecular weight is 371 g/mol. The fourth-order valence-electron chi connectivity index (χ4n) is 2.68. The van der Waals surface area contributed by atoms with E-state index in [1.807, 2.05) is 0 Å². The zero-order valence-corrected chi connectivity index (χ0v) is 17.5. The second-order valence-corrected chi connectivity index (χ2v) is 7.43. The fourth-order valence-corrected chi connectivity index (χ4v) is 2.68. The van der Waals surface area contributed by atoms with Crippen LogP contribution in [0.15, 0.2) is 0 Å². The third-order valence-electron chi connectivity index (χ3n) is 4.84. The SMILES string of the molecule is CCCCCCCCCCOC(=O)CCCCC(=O)OCCC(C)CC. The highest BCUT2D eigenvalue weighted by Gasteiger charge is 2.07. The Kier molecular flexibility index (Phi) is 18.0. The quantitative estimate of drug-likeness (QED) is 0.212. The van der Waals surface area contributed by atoms with Gasteiger partial charge in [0.2, 0.25) is 0 Å². The van der Waals surface area contributed by atoms with E-state index in [1.165, 1.54) is 38.5 Å². The van der Waals surface area contributed by atoms with E-state index < -0.39 is 0 Å². The van der Waals surface area contributed by atoms with Gasteiger partial charge in [-0.2, -0.15) is 0 Å². The van der Waals surface area contributed by atoms with Gasteiger partial charge in [0.15, 0.2) is 0 Å². The maximum Gasteiger partial charge on any atom is 0.305 e. The minimum atomic E-state index is -0.152. The molecule has 0 N–H and O–H groups in total. The molecule has 0 aromatic rings. The molecule has 0 aliphatic carbocycles. The molecule has 0 fully saturated rings. The largest absolute Gasteiger partial charge is 0.466 e. The van der Waals surface area contributed by atoms with Crippen LogP contribution in [0.25, 0.3) is 0 Å². The topological polar surface area (TPSA) is 52.6 Å². The molecule has 0 saturated heterocycles. The third kappa shape index (κ3) is 17.8. The highest BCUT2D eigenvalue weighted by molar-refractivity contribution is 5.70. The lowest BCUT2D eigenvalue weighted by atomic mass is 10.1. The fraction of sp³-hybridized carbons (Fsp3) is 0.909. The van der Waals surface area contributed by atoms with Crippen LogP contribution in [0.2, 0.25) is 0 Å². The van der Waals surface area contributed by atoms with Gasteiger partial charge < -0.3 is 9.47 Å². The lowest BCUT2D eigenvalue weighted by Crippen LogP contribution is -2.09. The van der Waals surface area contributed by atoms with Crippen molar-refractivity contribution in [1.82, 2.24) is 0 Å². The van der Waals surface area contributed by atoms with Crippen LogP contribution in [-0.2, 0) is 19.1 Å². The zero-order chi connectivity index (χ0) is 19.5. The van der Waals surface area contributed by atoms with Crippen molar-refractivity contribution in [2.24, 2.45) is 5.92 Å². The Morgan fingerprint density at radius 3 is 1.73 bits per heavy atom. The molecule has 0 radical (unpaired) electrons. The Morgan fingerprint density at radius 1 is 0.692 bits per heavy atom. The standard InChI is InChI=1S/C22H42O4/c1-4-6-7-8-9-10-11-14-18-25-21(23)15-12-13-16-22(24)26-19-17-20(3)5-2/h20H,4-19H2,1-3H3. The molecular weight excluding hydrogens is 328 g/mol. The molecule has 0 aliphatic rings. The highest BCUT2D eigenvalue weighted by atomic mass is 16.5. The summed E-state index contributed by atoms with van der Waals surface area (Å²) in [7, 11) is 0. The summed E-state index contributed by atoms with van der Waals surface area (Å²) in [5, 5.41) is 0. The molecule has 0 rings (SSSR count). The molecule has 0 heterocycles. The van der Waals surface area contributed by atoms with Gasteiger partial charge in [-0.25, -0.2) is 0 Å². The van der Waals surface area contributed by atoms with E-state index in [2.05, 4.69) is 20.8 Å². The second-order valence-electron chi connectivity index (χ2n) is 7.43. The summed E-state index contributed by atoms with van der Waals surface area (Å²) in [5.74, 6) is 0.303. The molecule has 1 unspecified atom stereocenters. The van der Waals surface area contributed by atoms with Crippen LogP contribution in [-0.4, -0.2) is 25.2 Å². The number of hydrogen-bond donors (Lipinski definition) is 0. The summed E-state index contributed by atoms with van der Waals surface area (Å²) >= 11 is 0. The summed E-state index contributed by atoms with van der Waals surface area (Å²) in [4.78, 5) is 23.2. The molecule has 0 spiro atoms. The molecule has 0 aliphatic heterocycles. The molecule has 0 aromatic carbocycles. The molecule has 0 aromatic heterocycles. The Bertz CT molecular complexity index is 341. The summed E-state index contributed by atoms with van der Waals surface area (Å²) < 4.78 is 10.4. The van der Waals surface area contributed by atoms with E-state index in [1.54, 1.807) is 0 Å². The van der Waals surface area contributed by atoms with E-state index in [0.717, 1.165) is 25.7 Å². The monoisotopic (exact) mass is 370 g/mol. The van der Waals surface area contributed by atoms with Crippen LogP contribution in [0.5, 0.6) is 0 Å². The van der Waals surface area contributed by atoms with Crippen molar-refractivity contribution in [2.75, 3.05) is 13.2 Å². The van der Waals surface area contributed by atoms with E-state index >= 15 is 0 Å².